The van der Waals surface area contributed by atoms with Gasteiger partial charge < -0.3 is 4.90 Å². The Labute approximate surface area is 130 Å². The number of hydrogen-bond acceptors (Lipinski definition) is 3. The zero-order valence-corrected chi connectivity index (χ0v) is 13.8. The molecule has 8 heteroatoms. The topological polar surface area (TPSA) is 49.4 Å². The standard InChI is InChI=1S/C12H18ClFN2O2S.ClH/c1-3-16(4-2)8-7-15-19(17,18)12-6-5-10(13)9-11(12)14;/h5-6,9,15H,3-4,7-8H2,1-2H3;1H. The van der Waals surface area contributed by atoms with Crippen LogP contribution in [0.3, 0.4) is 0 Å². The van der Waals surface area contributed by atoms with E-state index in [2.05, 4.69) is 9.62 Å². The van der Waals surface area contributed by atoms with Crippen molar-refractivity contribution >= 4 is 34.0 Å². The molecule has 0 aliphatic heterocycles. The first-order valence-corrected chi connectivity index (χ1v) is 7.94. The lowest BCUT2D eigenvalue weighted by molar-refractivity contribution is 0.309. The summed E-state index contributed by atoms with van der Waals surface area (Å²) >= 11 is 5.59. The lowest BCUT2D eigenvalue weighted by Crippen LogP contribution is -2.35. The van der Waals surface area contributed by atoms with Crippen molar-refractivity contribution in [3.63, 3.8) is 0 Å². The van der Waals surface area contributed by atoms with Crippen LogP contribution in [0, 0.1) is 5.82 Å². The highest BCUT2D eigenvalue weighted by Crippen LogP contribution is 2.18. The van der Waals surface area contributed by atoms with E-state index >= 15 is 0 Å². The average Bonchev–Trinajstić information content (AvgIpc) is 2.34. The molecule has 1 aromatic rings. The molecule has 0 amide bonds. The Kier molecular flexibility index (Phi) is 8.62. The number of rotatable bonds is 7. The summed E-state index contributed by atoms with van der Waals surface area (Å²) in [5.74, 6) is -0.845. The van der Waals surface area contributed by atoms with Crippen LogP contribution in [0.5, 0.6) is 0 Å². The summed E-state index contributed by atoms with van der Waals surface area (Å²) in [6, 6.07) is 3.50. The van der Waals surface area contributed by atoms with Gasteiger partial charge in [0.25, 0.3) is 0 Å². The van der Waals surface area contributed by atoms with Crippen molar-refractivity contribution < 1.29 is 12.8 Å². The van der Waals surface area contributed by atoms with Gasteiger partial charge in [0.2, 0.25) is 10.0 Å². The smallest absolute Gasteiger partial charge is 0.243 e. The van der Waals surface area contributed by atoms with Crippen LogP contribution in [0.1, 0.15) is 13.8 Å². The molecule has 0 aromatic heterocycles. The van der Waals surface area contributed by atoms with Crippen molar-refractivity contribution in [2.75, 3.05) is 26.2 Å². The molecular weight excluding hydrogens is 326 g/mol. The fourth-order valence-electron chi connectivity index (χ4n) is 1.65. The Morgan fingerprint density at radius 2 is 1.90 bits per heavy atom. The van der Waals surface area contributed by atoms with Crippen LogP contribution in [0.25, 0.3) is 0 Å². The molecule has 1 N–H and O–H groups in total. The van der Waals surface area contributed by atoms with Crippen LogP contribution in [-0.2, 0) is 10.0 Å². The third-order valence-corrected chi connectivity index (χ3v) is 4.53. The molecule has 0 aliphatic rings. The van der Waals surface area contributed by atoms with Gasteiger partial charge in [0.1, 0.15) is 10.7 Å². The highest BCUT2D eigenvalue weighted by molar-refractivity contribution is 7.89. The van der Waals surface area contributed by atoms with E-state index in [0.717, 1.165) is 25.2 Å². The normalized spacial score (nSPS) is 11.4. The summed E-state index contributed by atoms with van der Waals surface area (Å²) in [5, 5.41) is 0.166. The van der Waals surface area contributed by atoms with Crippen molar-refractivity contribution in [3.05, 3.63) is 29.0 Å². The number of benzene rings is 1. The van der Waals surface area contributed by atoms with Crippen molar-refractivity contribution in [1.82, 2.24) is 9.62 Å². The fraction of sp³-hybridized carbons (Fsp3) is 0.500. The third-order valence-electron chi connectivity index (χ3n) is 2.80. The lowest BCUT2D eigenvalue weighted by Gasteiger charge is -2.18. The number of nitrogens with one attached hydrogen (secondary N) is 1. The summed E-state index contributed by atoms with van der Waals surface area (Å²) in [6.07, 6.45) is 0. The maximum absolute atomic E-state index is 13.6. The highest BCUT2D eigenvalue weighted by atomic mass is 35.5. The predicted molar refractivity (Wildman–Crippen MR) is 81.6 cm³/mol. The molecule has 0 saturated heterocycles. The zero-order valence-electron chi connectivity index (χ0n) is 11.4. The van der Waals surface area contributed by atoms with Crippen LogP contribution < -0.4 is 4.72 Å². The van der Waals surface area contributed by atoms with E-state index in [1.807, 2.05) is 13.8 Å². The van der Waals surface area contributed by atoms with Gasteiger partial charge in [0.05, 0.1) is 0 Å². The Hall–Kier alpha value is -0.400. The monoisotopic (exact) mass is 344 g/mol. The van der Waals surface area contributed by atoms with Crippen LogP contribution in [0.2, 0.25) is 5.02 Å². The number of hydrogen-bond donors (Lipinski definition) is 1. The fourth-order valence-corrected chi connectivity index (χ4v) is 2.89. The Balaban J connectivity index is 0.00000361. The van der Waals surface area contributed by atoms with Gasteiger partial charge in [0, 0.05) is 18.1 Å². The molecule has 0 unspecified atom stereocenters. The predicted octanol–water partition coefficient (Wildman–Crippen LogP) is 2.52. The van der Waals surface area contributed by atoms with Crippen molar-refractivity contribution in [1.29, 1.82) is 0 Å². The van der Waals surface area contributed by atoms with Gasteiger partial charge in [-0.25, -0.2) is 17.5 Å². The Morgan fingerprint density at radius 1 is 1.30 bits per heavy atom. The van der Waals surface area contributed by atoms with Gasteiger partial charge in [-0.1, -0.05) is 25.4 Å². The molecule has 0 radical (unpaired) electrons. The molecule has 0 spiro atoms. The van der Waals surface area contributed by atoms with Gasteiger partial charge in [-0.05, 0) is 31.3 Å². The quantitative estimate of drug-likeness (QED) is 0.826. The average molecular weight is 345 g/mol. The van der Waals surface area contributed by atoms with E-state index in [1.165, 1.54) is 6.07 Å². The Morgan fingerprint density at radius 3 is 2.40 bits per heavy atom. The van der Waals surface area contributed by atoms with E-state index in [0.29, 0.717) is 6.54 Å². The second kappa shape index (κ2) is 8.79. The first kappa shape index (κ1) is 19.6. The van der Waals surface area contributed by atoms with Crippen LogP contribution >= 0.6 is 24.0 Å². The van der Waals surface area contributed by atoms with E-state index in [-0.39, 0.29) is 28.9 Å². The molecule has 116 valence electrons. The molecule has 0 saturated carbocycles. The molecule has 20 heavy (non-hydrogen) atoms. The second-order valence-corrected chi connectivity index (χ2v) is 6.17. The van der Waals surface area contributed by atoms with Crippen LogP contribution in [-0.4, -0.2) is 39.5 Å². The summed E-state index contributed by atoms with van der Waals surface area (Å²) in [6.45, 7) is 6.50. The molecule has 1 aromatic carbocycles. The van der Waals surface area contributed by atoms with Gasteiger partial charge in [-0.15, -0.1) is 12.4 Å². The van der Waals surface area contributed by atoms with Crippen molar-refractivity contribution in [2.24, 2.45) is 0 Å². The zero-order chi connectivity index (χ0) is 14.5. The van der Waals surface area contributed by atoms with Gasteiger partial charge in [0.15, 0.2) is 0 Å². The van der Waals surface area contributed by atoms with Gasteiger partial charge >= 0.3 is 0 Å². The van der Waals surface area contributed by atoms with Crippen molar-refractivity contribution in [2.45, 2.75) is 18.7 Å². The minimum absolute atomic E-state index is 0. The van der Waals surface area contributed by atoms with Crippen molar-refractivity contribution in [3.8, 4) is 0 Å². The minimum Gasteiger partial charge on any atom is -0.303 e. The number of sulfonamides is 1. The Bertz CT molecular complexity index is 522. The highest BCUT2D eigenvalue weighted by Gasteiger charge is 2.18. The number of likely N-dealkylation sites (N-methyl/N-ethyl adjacent to an activating group) is 1. The minimum atomic E-state index is -3.83. The summed E-state index contributed by atoms with van der Waals surface area (Å²) in [7, 11) is -3.83. The van der Waals surface area contributed by atoms with Gasteiger partial charge in [-0.3, -0.25) is 0 Å². The molecule has 0 fully saturated rings. The van der Waals surface area contributed by atoms with E-state index in [4.69, 9.17) is 11.6 Å². The van der Waals surface area contributed by atoms with Gasteiger partial charge in [-0.2, -0.15) is 0 Å². The summed E-state index contributed by atoms with van der Waals surface area (Å²) in [5.41, 5.74) is 0. The summed E-state index contributed by atoms with van der Waals surface area (Å²) in [4.78, 5) is 1.69. The van der Waals surface area contributed by atoms with Crippen LogP contribution in [0.4, 0.5) is 4.39 Å². The first-order valence-electron chi connectivity index (χ1n) is 6.07. The maximum Gasteiger partial charge on any atom is 0.243 e. The molecule has 4 nitrogen and oxygen atoms in total. The van der Waals surface area contributed by atoms with E-state index < -0.39 is 15.8 Å². The third kappa shape index (κ3) is 5.54. The molecule has 0 aliphatic carbocycles. The van der Waals surface area contributed by atoms with Crippen LogP contribution in [0.15, 0.2) is 23.1 Å². The van der Waals surface area contributed by atoms with E-state index in [1.54, 1.807) is 0 Å². The number of nitrogens with zero attached hydrogens (tertiary/aromatic N) is 1. The lowest BCUT2D eigenvalue weighted by atomic mass is 10.3. The molecular formula is C12H19Cl2FN2O2S. The molecule has 1 rings (SSSR count). The largest absolute Gasteiger partial charge is 0.303 e. The first-order chi connectivity index (χ1) is 8.90. The number of halogens is 3. The summed E-state index contributed by atoms with van der Waals surface area (Å²) < 4.78 is 39.8. The molecule has 0 heterocycles. The van der Waals surface area contributed by atoms with E-state index in [9.17, 15) is 12.8 Å². The molecule has 0 atom stereocenters. The second-order valence-electron chi connectivity index (χ2n) is 4.00. The molecule has 0 bridgehead atoms. The maximum atomic E-state index is 13.6. The SMILES string of the molecule is CCN(CC)CCNS(=O)(=O)c1ccc(Cl)cc1F.Cl.